The van der Waals surface area contributed by atoms with Gasteiger partial charge in [0, 0.05) is 19.6 Å². The zero-order chi connectivity index (χ0) is 12.6. The van der Waals surface area contributed by atoms with Gasteiger partial charge in [-0.2, -0.15) is 0 Å². The van der Waals surface area contributed by atoms with Crippen molar-refractivity contribution >= 4 is 11.6 Å². The first-order chi connectivity index (χ1) is 8.05. The van der Waals surface area contributed by atoms with Gasteiger partial charge in [0.15, 0.2) is 11.5 Å². The van der Waals surface area contributed by atoms with Gasteiger partial charge in [-0.15, -0.1) is 0 Å². The summed E-state index contributed by atoms with van der Waals surface area (Å²) in [5, 5.41) is 0. The number of carbonyl (C=O) groups excluding carboxylic acids is 2. The Hall–Kier alpha value is -1.42. The lowest BCUT2D eigenvalue weighted by Crippen LogP contribution is -2.55. The van der Waals surface area contributed by atoms with E-state index in [4.69, 9.17) is 9.47 Å². The van der Waals surface area contributed by atoms with Crippen molar-refractivity contribution in [2.24, 2.45) is 5.92 Å². The van der Waals surface area contributed by atoms with Gasteiger partial charge < -0.3 is 9.47 Å². The van der Waals surface area contributed by atoms with Gasteiger partial charge in [-0.3, -0.25) is 9.59 Å². The van der Waals surface area contributed by atoms with Crippen LogP contribution in [0.5, 0.6) is 0 Å². The van der Waals surface area contributed by atoms with Crippen LogP contribution in [0.2, 0.25) is 0 Å². The molecule has 0 saturated carbocycles. The first-order valence-electron chi connectivity index (χ1n) is 5.60. The second-order valence-electron chi connectivity index (χ2n) is 4.55. The highest BCUT2D eigenvalue weighted by atomic mass is 16.5. The third-order valence-corrected chi connectivity index (χ3v) is 3.65. The van der Waals surface area contributed by atoms with Crippen molar-refractivity contribution in [3.8, 4) is 0 Å². The number of hydrogen-bond donors (Lipinski definition) is 0. The lowest BCUT2D eigenvalue weighted by atomic mass is 9.68. The van der Waals surface area contributed by atoms with Crippen molar-refractivity contribution < 1.29 is 19.1 Å². The van der Waals surface area contributed by atoms with Gasteiger partial charge in [0.2, 0.25) is 5.78 Å². The van der Waals surface area contributed by atoms with Crippen LogP contribution in [0, 0.1) is 5.92 Å². The maximum absolute atomic E-state index is 12.3. The van der Waals surface area contributed by atoms with Crippen molar-refractivity contribution in [2.45, 2.75) is 25.4 Å². The van der Waals surface area contributed by atoms with Crippen molar-refractivity contribution in [3.05, 3.63) is 23.5 Å². The van der Waals surface area contributed by atoms with Crippen LogP contribution in [-0.2, 0) is 19.1 Å². The predicted octanol–water partition coefficient (Wildman–Crippen LogP) is 1.41. The van der Waals surface area contributed by atoms with Crippen LogP contribution in [0.4, 0.5) is 0 Å². The van der Waals surface area contributed by atoms with Gasteiger partial charge in [0.1, 0.15) is 5.60 Å². The molecule has 92 valence electrons. The highest BCUT2D eigenvalue weighted by Gasteiger charge is 2.54. The molecule has 2 atom stereocenters. The van der Waals surface area contributed by atoms with E-state index in [0.717, 1.165) is 5.57 Å². The normalized spacial score (nSPS) is 32.8. The van der Waals surface area contributed by atoms with Crippen LogP contribution in [-0.4, -0.2) is 31.4 Å². The predicted molar refractivity (Wildman–Crippen MR) is 61.3 cm³/mol. The summed E-state index contributed by atoms with van der Waals surface area (Å²) in [6, 6.07) is 0. The molecule has 0 amide bonds. The molecule has 17 heavy (non-hydrogen) atoms. The number of hydrogen-bond acceptors (Lipinski definition) is 4. The van der Waals surface area contributed by atoms with Crippen molar-refractivity contribution in [3.63, 3.8) is 0 Å². The molecular weight excluding hydrogens is 220 g/mol. The zero-order valence-electron chi connectivity index (χ0n) is 10.3. The molecule has 0 saturated heterocycles. The number of ketones is 2. The molecule has 2 aliphatic carbocycles. The Morgan fingerprint density at radius 1 is 1.35 bits per heavy atom. The molecule has 0 bridgehead atoms. The molecule has 0 aromatic rings. The minimum absolute atomic E-state index is 0.0873. The molecule has 0 aromatic carbocycles. The Bertz CT molecular complexity index is 433. The summed E-state index contributed by atoms with van der Waals surface area (Å²) in [6.07, 6.45) is 4.27. The van der Waals surface area contributed by atoms with Gasteiger partial charge in [-0.1, -0.05) is 11.6 Å². The number of Topliss-reactive ketones (excluding diaryl/α,β-unsaturated/α-hetero) is 1. The van der Waals surface area contributed by atoms with Crippen LogP contribution in [0.25, 0.3) is 0 Å². The number of rotatable bonds is 2. The van der Waals surface area contributed by atoms with E-state index in [9.17, 15) is 9.59 Å². The molecule has 0 spiro atoms. The minimum Gasteiger partial charge on any atom is -0.493 e. The Kier molecular flexibility index (Phi) is 2.91. The van der Waals surface area contributed by atoms with Crippen molar-refractivity contribution in [1.82, 2.24) is 0 Å². The highest BCUT2D eigenvalue weighted by molar-refractivity contribution is 6.13. The molecule has 4 heteroatoms. The third kappa shape index (κ3) is 1.63. The number of carbonyl (C=O) groups is 2. The molecule has 0 aliphatic heterocycles. The molecular formula is C13H16O4. The van der Waals surface area contributed by atoms with E-state index in [1.165, 1.54) is 20.3 Å². The summed E-state index contributed by atoms with van der Waals surface area (Å²) in [6.45, 7) is 1.97. The highest BCUT2D eigenvalue weighted by Crippen LogP contribution is 2.41. The second kappa shape index (κ2) is 4.11. The molecule has 0 aromatic heterocycles. The number of methoxy groups -OCH3 is 2. The molecule has 2 aliphatic rings. The SMILES string of the molecule is COC1=CC(=O)[C@H]2CC(C)=CC[C@@]2(OC)C1=O. The summed E-state index contributed by atoms with van der Waals surface area (Å²) >= 11 is 0. The van der Waals surface area contributed by atoms with Crippen LogP contribution in [0.3, 0.4) is 0 Å². The Morgan fingerprint density at radius 2 is 2.06 bits per heavy atom. The van der Waals surface area contributed by atoms with Gasteiger partial charge in [-0.05, 0) is 13.3 Å². The number of ether oxygens (including phenoxy) is 2. The van der Waals surface area contributed by atoms with E-state index in [1.807, 2.05) is 13.0 Å². The van der Waals surface area contributed by atoms with Gasteiger partial charge >= 0.3 is 0 Å². The Morgan fingerprint density at radius 3 is 2.65 bits per heavy atom. The van der Waals surface area contributed by atoms with E-state index in [-0.39, 0.29) is 17.3 Å². The first kappa shape index (κ1) is 12.0. The van der Waals surface area contributed by atoms with Gasteiger partial charge in [0.25, 0.3) is 0 Å². The molecule has 0 radical (unpaired) electrons. The van der Waals surface area contributed by atoms with E-state index >= 15 is 0 Å². The van der Waals surface area contributed by atoms with E-state index in [0.29, 0.717) is 12.8 Å². The van der Waals surface area contributed by atoms with Crippen molar-refractivity contribution in [1.29, 1.82) is 0 Å². The standard InChI is InChI=1S/C13H16O4/c1-8-4-5-13(17-3)9(6-8)10(14)7-11(16-2)12(13)15/h4,7,9H,5-6H2,1-3H3/t9-,13+/m1/s1. The quantitative estimate of drug-likeness (QED) is 0.680. The zero-order valence-corrected chi connectivity index (χ0v) is 10.3. The summed E-state index contributed by atoms with van der Waals surface area (Å²) in [4.78, 5) is 24.3. The van der Waals surface area contributed by atoms with E-state index < -0.39 is 11.5 Å². The Labute approximate surface area is 100 Å². The molecule has 2 rings (SSSR count). The van der Waals surface area contributed by atoms with Crippen LogP contribution >= 0.6 is 0 Å². The minimum atomic E-state index is -1.06. The van der Waals surface area contributed by atoms with Crippen molar-refractivity contribution in [2.75, 3.05) is 14.2 Å². The second-order valence-corrected chi connectivity index (χ2v) is 4.55. The summed E-state index contributed by atoms with van der Waals surface area (Å²) < 4.78 is 10.4. The molecule has 0 fully saturated rings. The van der Waals surface area contributed by atoms with Crippen LogP contribution in [0.15, 0.2) is 23.5 Å². The summed E-state index contributed by atoms with van der Waals surface area (Å²) in [5.74, 6) is -0.628. The lowest BCUT2D eigenvalue weighted by Gasteiger charge is -2.41. The fourth-order valence-electron chi connectivity index (χ4n) is 2.59. The summed E-state index contributed by atoms with van der Waals surface area (Å²) in [7, 11) is 2.87. The first-order valence-corrected chi connectivity index (χ1v) is 5.60. The average molecular weight is 236 g/mol. The van der Waals surface area contributed by atoms with Crippen LogP contribution < -0.4 is 0 Å². The maximum Gasteiger partial charge on any atom is 0.230 e. The van der Waals surface area contributed by atoms with E-state index in [1.54, 1.807) is 0 Å². The van der Waals surface area contributed by atoms with Crippen LogP contribution in [0.1, 0.15) is 19.8 Å². The topological polar surface area (TPSA) is 52.6 Å². The molecule has 4 nitrogen and oxygen atoms in total. The lowest BCUT2D eigenvalue weighted by molar-refractivity contribution is -0.156. The molecule has 0 N–H and O–H groups in total. The third-order valence-electron chi connectivity index (χ3n) is 3.65. The maximum atomic E-state index is 12.3. The fourth-order valence-corrected chi connectivity index (χ4v) is 2.59. The van der Waals surface area contributed by atoms with E-state index in [2.05, 4.69) is 0 Å². The molecule has 0 unspecified atom stereocenters. The van der Waals surface area contributed by atoms with Gasteiger partial charge in [-0.25, -0.2) is 0 Å². The Balaban J connectivity index is 2.50. The largest absolute Gasteiger partial charge is 0.493 e. The number of allylic oxidation sites excluding steroid dienone is 2. The number of fused-ring (bicyclic) bond motifs is 1. The molecule has 0 heterocycles. The monoisotopic (exact) mass is 236 g/mol. The van der Waals surface area contributed by atoms with Gasteiger partial charge in [0.05, 0.1) is 13.0 Å². The smallest absolute Gasteiger partial charge is 0.230 e. The fraction of sp³-hybridized carbons (Fsp3) is 0.538. The average Bonchev–Trinajstić information content (AvgIpc) is 2.34. The summed E-state index contributed by atoms with van der Waals surface area (Å²) in [5.41, 5.74) is 0.0644.